The fourth-order valence-corrected chi connectivity index (χ4v) is 4.26. The Morgan fingerprint density at radius 1 is 1.15 bits per heavy atom. The smallest absolute Gasteiger partial charge is 0.282 e. The molecule has 0 aromatic heterocycles. The minimum absolute atomic E-state index is 0.0662. The molecule has 0 atom stereocenters. The van der Waals surface area contributed by atoms with Crippen LogP contribution in [0.1, 0.15) is 16.7 Å². The van der Waals surface area contributed by atoms with Gasteiger partial charge in [-0.2, -0.15) is 0 Å². The lowest BCUT2D eigenvalue weighted by Gasteiger charge is -2.21. The summed E-state index contributed by atoms with van der Waals surface area (Å²) in [6, 6.07) is 16.7. The van der Waals surface area contributed by atoms with Crippen LogP contribution in [0, 0.1) is 17.0 Å². The predicted octanol–water partition coefficient (Wildman–Crippen LogP) is 6.16. The number of anilines is 1. The van der Waals surface area contributed by atoms with Crippen molar-refractivity contribution < 1.29 is 14.5 Å². The molecule has 1 amide bonds. The number of aryl methyl sites for hydroxylation is 1. The van der Waals surface area contributed by atoms with E-state index >= 15 is 0 Å². The summed E-state index contributed by atoms with van der Waals surface area (Å²) in [5.74, 6) is 0.713. The number of non-ortho nitro benzene ring substituents is 1. The van der Waals surface area contributed by atoms with E-state index in [0.29, 0.717) is 37.9 Å². The molecule has 3 aromatic carbocycles. The Labute approximate surface area is 203 Å². The van der Waals surface area contributed by atoms with E-state index in [0.717, 1.165) is 5.56 Å². The Kier molecular flexibility index (Phi) is 6.31. The van der Waals surface area contributed by atoms with Gasteiger partial charge in [0.1, 0.15) is 17.3 Å². The topological polar surface area (TPSA) is 85.0 Å². The molecule has 0 spiro atoms. The van der Waals surface area contributed by atoms with Crippen molar-refractivity contribution in [2.24, 2.45) is 4.99 Å². The molecular formula is C24H17BrClN3O4. The Hall–Kier alpha value is -3.49. The summed E-state index contributed by atoms with van der Waals surface area (Å²) in [5.41, 5.74) is 2.72. The van der Waals surface area contributed by atoms with Crippen molar-refractivity contribution in [2.45, 2.75) is 6.92 Å². The number of rotatable bonds is 5. The van der Waals surface area contributed by atoms with E-state index in [-0.39, 0.29) is 17.3 Å². The molecule has 33 heavy (non-hydrogen) atoms. The van der Waals surface area contributed by atoms with Crippen molar-refractivity contribution in [3.8, 4) is 5.75 Å². The van der Waals surface area contributed by atoms with Crippen LogP contribution in [0.15, 0.2) is 75.8 Å². The number of nitro groups is 1. The van der Waals surface area contributed by atoms with Gasteiger partial charge in [0.15, 0.2) is 0 Å². The van der Waals surface area contributed by atoms with Crippen molar-refractivity contribution in [2.75, 3.05) is 12.0 Å². The molecule has 0 unspecified atom stereocenters. The number of ether oxygens (including phenoxy) is 1. The quantitative estimate of drug-likeness (QED) is 0.226. The molecule has 7 nitrogen and oxygen atoms in total. The average Bonchev–Trinajstić information content (AvgIpc) is 3.09. The number of carbonyl (C=O) groups is 1. The fraction of sp³-hybridized carbons (Fsp3) is 0.0833. The van der Waals surface area contributed by atoms with E-state index in [4.69, 9.17) is 16.3 Å². The number of hydrogen-bond donors (Lipinski definition) is 0. The van der Waals surface area contributed by atoms with Gasteiger partial charge in [-0.25, -0.2) is 4.99 Å². The predicted molar refractivity (Wildman–Crippen MR) is 132 cm³/mol. The average molecular weight is 527 g/mol. The van der Waals surface area contributed by atoms with E-state index in [2.05, 4.69) is 20.9 Å². The molecule has 0 bridgehead atoms. The van der Waals surface area contributed by atoms with Gasteiger partial charge < -0.3 is 4.74 Å². The van der Waals surface area contributed by atoms with Crippen molar-refractivity contribution in [1.82, 2.24) is 0 Å². The summed E-state index contributed by atoms with van der Waals surface area (Å²) in [6.07, 6.45) is 1.54. The second-order valence-electron chi connectivity index (χ2n) is 7.24. The zero-order valence-electron chi connectivity index (χ0n) is 17.6. The lowest BCUT2D eigenvalue weighted by atomic mass is 10.1. The minimum atomic E-state index is -0.481. The maximum Gasteiger partial charge on any atom is 0.282 e. The molecule has 9 heteroatoms. The zero-order chi connectivity index (χ0) is 23.7. The molecule has 1 aliphatic heterocycles. The van der Waals surface area contributed by atoms with E-state index in [9.17, 15) is 14.9 Å². The number of carbonyl (C=O) groups excluding carboxylic acids is 1. The van der Waals surface area contributed by atoms with Crippen molar-refractivity contribution in [3.63, 3.8) is 0 Å². The summed E-state index contributed by atoms with van der Waals surface area (Å²) in [4.78, 5) is 30.3. The number of amides is 1. The Bertz CT molecular complexity index is 1350. The Balaban J connectivity index is 1.86. The van der Waals surface area contributed by atoms with Gasteiger partial charge in [0, 0.05) is 22.7 Å². The highest BCUT2D eigenvalue weighted by Crippen LogP contribution is 2.34. The number of nitrogens with zero attached hydrogens (tertiary/aromatic N) is 3. The SMILES string of the molecule is COc1ccc(C2=N/C(=C/c3cccc([N+](=O)[O-])c3)C(=O)N2c2ccc(Cl)cc2C)cc1Br. The molecule has 0 N–H and O–H groups in total. The zero-order valence-corrected chi connectivity index (χ0v) is 19.9. The van der Waals surface area contributed by atoms with E-state index in [1.165, 1.54) is 17.0 Å². The van der Waals surface area contributed by atoms with Crippen molar-refractivity contribution >= 4 is 56.7 Å². The lowest BCUT2D eigenvalue weighted by molar-refractivity contribution is -0.384. The second-order valence-corrected chi connectivity index (χ2v) is 8.53. The summed E-state index contributed by atoms with van der Waals surface area (Å²) in [7, 11) is 1.57. The Morgan fingerprint density at radius 2 is 1.94 bits per heavy atom. The van der Waals surface area contributed by atoms with E-state index in [1.54, 1.807) is 49.6 Å². The van der Waals surface area contributed by atoms with Crippen LogP contribution in [0.5, 0.6) is 5.75 Å². The third-order valence-electron chi connectivity index (χ3n) is 5.05. The number of benzene rings is 3. The number of amidine groups is 1. The number of halogens is 2. The number of hydrogen-bond acceptors (Lipinski definition) is 5. The standard InChI is InChI=1S/C24H17BrClN3O4/c1-14-10-17(26)7-8-21(14)28-23(16-6-9-22(33-2)19(25)13-16)27-20(24(28)30)12-15-4-3-5-18(11-15)29(31)32/h3-13H,1-2H3/b20-12+. The molecule has 166 valence electrons. The molecule has 4 rings (SSSR count). The van der Waals surface area contributed by atoms with Gasteiger partial charge in [-0.1, -0.05) is 23.7 Å². The minimum Gasteiger partial charge on any atom is -0.496 e. The highest BCUT2D eigenvalue weighted by Gasteiger charge is 2.33. The van der Waals surface area contributed by atoms with Gasteiger partial charge in [0.05, 0.1) is 22.2 Å². The fourth-order valence-electron chi connectivity index (χ4n) is 3.50. The molecule has 0 saturated carbocycles. The molecule has 1 heterocycles. The third-order valence-corrected chi connectivity index (χ3v) is 5.91. The van der Waals surface area contributed by atoms with Crippen LogP contribution >= 0.6 is 27.5 Å². The molecule has 0 aliphatic carbocycles. The second kappa shape index (κ2) is 9.17. The summed E-state index contributed by atoms with van der Waals surface area (Å²) >= 11 is 9.60. The molecule has 3 aromatic rings. The summed E-state index contributed by atoms with van der Waals surface area (Å²) in [6.45, 7) is 1.86. The lowest BCUT2D eigenvalue weighted by Crippen LogP contribution is -2.33. The van der Waals surface area contributed by atoms with Crippen LogP contribution < -0.4 is 9.64 Å². The van der Waals surface area contributed by atoms with Crippen LogP contribution in [0.4, 0.5) is 11.4 Å². The van der Waals surface area contributed by atoms with Crippen molar-refractivity contribution in [3.05, 3.63) is 103 Å². The molecule has 0 radical (unpaired) electrons. The number of methoxy groups -OCH3 is 1. The van der Waals surface area contributed by atoms with Crippen LogP contribution in [0.25, 0.3) is 6.08 Å². The van der Waals surface area contributed by atoms with Gasteiger partial charge in [-0.3, -0.25) is 19.8 Å². The number of nitro benzene ring substituents is 1. The largest absolute Gasteiger partial charge is 0.496 e. The van der Waals surface area contributed by atoms with E-state index < -0.39 is 4.92 Å². The highest BCUT2D eigenvalue weighted by molar-refractivity contribution is 9.10. The number of aliphatic imine (C=N–C) groups is 1. The first-order valence-corrected chi connectivity index (χ1v) is 10.9. The summed E-state index contributed by atoms with van der Waals surface area (Å²) < 4.78 is 6.02. The van der Waals surface area contributed by atoms with E-state index in [1.807, 2.05) is 19.1 Å². The molecule has 1 aliphatic rings. The van der Waals surface area contributed by atoms with Gasteiger partial charge in [0.25, 0.3) is 11.6 Å². The first-order chi connectivity index (χ1) is 15.8. The maximum absolute atomic E-state index is 13.5. The molecular weight excluding hydrogens is 510 g/mol. The normalized spacial score (nSPS) is 14.5. The van der Waals surface area contributed by atoms with Gasteiger partial charge in [-0.05, 0) is 76.5 Å². The van der Waals surface area contributed by atoms with Gasteiger partial charge in [-0.15, -0.1) is 0 Å². The van der Waals surface area contributed by atoms with Crippen LogP contribution in [-0.4, -0.2) is 23.8 Å². The first kappa shape index (κ1) is 22.7. The molecule has 0 fully saturated rings. The van der Waals surface area contributed by atoms with Crippen LogP contribution in [0.2, 0.25) is 5.02 Å². The van der Waals surface area contributed by atoms with Crippen molar-refractivity contribution in [1.29, 1.82) is 0 Å². The first-order valence-electron chi connectivity index (χ1n) is 9.78. The summed E-state index contributed by atoms with van der Waals surface area (Å²) in [5, 5.41) is 11.7. The molecule has 0 saturated heterocycles. The maximum atomic E-state index is 13.5. The van der Waals surface area contributed by atoms with Crippen LogP contribution in [-0.2, 0) is 4.79 Å². The monoisotopic (exact) mass is 525 g/mol. The highest BCUT2D eigenvalue weighted by atomic mass is 79.9. The van der Waals surface area contributed by atoms with Gasteiger partial charge in [0.2, 0.25) is 0 Å². The Morgan fingerprint density at radius 3 is 2.61 bits per heavy atom. The van der Waals surface area contributed by atoms with Gasteiger partial charge >= 0.3 is 0 Å². The van der Waals surface area contributed by atoms with Crippen LogP contribution in [0.3, 0.4) is 0 Å². The third kappa shape index (κ3) is 4.53.